The van der Waals surface area contributed by atoms with Gasteiger partial charge in [-0.15, -0.1) is 0 Å². The Kier molecular flexibility index (Phi) is 10.8. The molecule has 0 aromatic heterocycles. The highest BCUT2D eigenvalue weighted by atomic mass is 32.2. The van der Waals surface area contributed by atoms with Crippen molar-refractivity contribution in [2.45, 2.75) is 25.8 Å². The number of rotatable bonds is 11. The van der Waals surface area contributed by atoms with Gasteiger partial charge in [-0.2, -0.15) is 11.8 Å². The summed E-state index contributed by atoms with van der Waals surface area (Å²) >= 11 is 1.34. The van der Waals surface area contributed by atoms with E-state index in [9.17, 15) is 14.4 Å². The predicted molar refractivity (Wildman–Crippen MR) is 76.7 cm³/mol. The third kappa shape index (κ3) is 10.6. The Morgan fingerprint density at radius 1 is 1.35 bits per heavy atom. The monoisotopic (exact) mass is 306 g/mol. The average Bonchev–Trinajstić information content (AvgIpc) is 2.37. The van der Waals surface area contributed by atoms with E-state index in [2.05, 4.69) is 10.6 Å². The summed E-state index contributed by atoms with van der Waals surface area (Å²) in [5.74, 6) is -0.761. The fourth-order valence-corrected chi connectivity index (χ4v) is 2.20. The van der Waals surface area contributed by atoms with Gasteiger partial charge in [0.05, 0.1) is 5.75 Å². The van der Waals surface area contributed by atoms with Crippen molar-refractivity contribution in [1.82, 2.24) is 10.6 Å². The highest BCUT2D eigenvalue weighted by molar-refractivity contribution is 7.99. The number of aliphatic carboxylic acids is 1. The van der Waals surface area contributed by atoms with Gasteiger partial charge in [0.1, 0.15) is 6.04 Å². The van der Waals surface area contributed by atoms with E-state index < -0.39 is 12.0 Å². The van der Waals surface area contributed by atoms with Crippen molar-refractivity contribution in [2.75, 3.05) is 31.8 Å². The molecule has 0 aromatic rings. The molecule has 0 radical (unpaired) electrons. The molecule has 0 aliphatic rings. The molecule has 3 N–H and O–H groups in total. The van der Waals surface area contributed by atoms with Crippen molar-refractivity contribution >= 4 is 29.5 Å². The van der Waals surface area contributed by atoms with Gasteiger partial charge in [-0.05, 0) is 18.6 Å². The van der Waals surface area contributed by atoms with Gasteiger partial charge in [-0.3, -0.25) is 9.59 Å². The number of hydrogen-bond donors (Lipinski definition) is 3. The second kappa shape index (κ2) is 11.5. The minimum Gasteiger partial charge on any atom is -0.480 e. The third-order valence-electron chi connectivity index (χ3n) is 2.31. The molecule has 1 atom stereocenters. The second-order valence-corrected chi connectivity index (χ2v) is 5.23. The van der Waals surface area contributed by atoms with Gasteiger partial charge < -0.3 is 20.5 Å². The molecular formula is C12H22N2O5S. The molecule has 0 aliphatic heterocycles. The minimum absolute atomic E-state index is 0.0856. The standard InChI is InChI=1S/C12H22N2O5S/c1-9(15)14-10(12(17)18)4-7-20-8-11(16)13-5-3-6-19-2/h10H,3-8H2,1-2H3,(H,13,16)(H,14,15)(H,17,18). The van der Waals surface area contributed by atoms with Gasteiger partial charge in [0.15, 0.2) is 0 Å². The van der Waals surface area contributed by atoms with Crippen LogP contribution in [0.3, 0.4) is 0 Å². The lowest BCUT2D eigenvalue weighted by Crippen LogP contribution is -2.40. The molecule has 0 aliphatic carbocycles. The number of carboxylic acids is 1. The molecule has 0 rings (SSSR count). The molecule has 1 unspecified atom stereocenters. The van der Waals surface area contributed by atoms with E-state index in [-0.39, 0.29) is 24.0 Å². The maximum absolute atomic E-state index is 11.4. The smallest absolute Gasteiger partial charge is 0.326 e. The molecule has 0 bridgehead atoms. The van der Waals surface area contributed by atoms with Crippen molar-refractivity contribution in [1.29, 1.82) is 0 Å². The predicted octanol–water partition coefficient (Wildman–Crippen LogP) is -0.148. The van der Waals surface area contributed by atoms with E-state index in [1.54, 1.807) is 7.11 Å². The summed E-state index contributed by atoms with van der Waals surface area (Å²) < 4.78 is 4.86. The van der Waals surface area contributed by atoms with Crippen LogP contribution in [-0.2, 0) is 19.1 Å². The Balaban J connectivity index is 3.69. The summed E-state index contributed by atoms with van der Waals surface area (Å²) in [6, 6.07) is -0.898. The number of carboxylic acid groups (broad SMARTS) is 1. The van der Waals surface area contributed by atoms with Crippen molar-refractivity contribution in [3.8, 4) is 0 Å². The number of methoxy groups -OCH3 is 1. The van der Waals surface area contributed by atoms with Crippen molar-refractivity contribution < 1.29 is 24.2 Å². The Hall–Kier alpha value is -1.28. The first-order valence-electron chi connectivity index (χ1n) is 6.30. The summed E-state index contributed by atoms with van der Waals surface area (Å²) in [4.78, 5) is 33.1. The van der Waals surface area contributed by atoms with Gasteiger partial charge in [-0.25, -0.2) is 4.79 Å². The van der Waals surface area contributed by atoms with Gasteiger partial charge in [0.25, 0.3) is 0 Å². The quantitative estimate of drug-likeness (QED) is 0.459. The normalized spacial score (nSPS) is 11.7. The molecule has 0 saturated heterocycles. The number of nitrogens with one attached hydrogen (secondary N) is 2. The number of hydrogen-bond acceptors (Lipinski definition) is 5. The SMILES string of the molecule is COCCCNC(=O)CSCCC(NC(C)=O)C(=O)O. The lowest BCUT2D eigenvalue weighted by molar-refractivity contribution is -0.141. The number of amides is 2. The molecule has 0 spiro atoms. The van der Waals surface area contributed by atoms with Crippen LogP contribution in [0.1, 0.15) is 19.8 Å². The summed E-state index contributed by atoms with van der Waals surface area (Å²) in [7, 11) is 1.60. The lowest BCUT2D eigenvalue weighted by atomic mass is 10.2. The summed E-state index contributed by atoms with van der Waals surface area (Å²) in [6.07, 6.45) is 1.05. The van der Waals surface area contributed by atoms with Gasteiger partial charge in [0.2, 0.25) is 11.8 Å². The Morgan fingerprint density at radius 2 is 2.05 bits per heavy atom. The van der Waals surface area contributed by atoms with Crippen LogP contribution in [0.4, 0.5) is 0 Å². The first-order chi connectivity index (χ1) is 9.47. The van der Waals surface area contributed by atoms with E-state index in [0.29, 0.717) is 18.9 Å². The average molecular weight is 306 g/mol. The first kappa shape index (κ1) is 18.7. The minimum atomic E-state index is -1.06. The molecule has 0 saturated carbocycles. The van der Waals surface area contributed by atoms with Gasteiger partial charge >= 0.3 is 5.97 Å². The molecule has 116 valence electrons. The molecular weight excluding hydrogens is 284 g/mol. The second-order valence-electron chi connectivity index (χ2n) is 4.13. The largest absolute Gasteiger partial charge is 0.480 e. The van der Waals surface area contributed by atoms with E-state index in [4.69, 9.17) is 9.84 Å². The maximum Gasteiger partial charge on any atom is 0.326 e. The zero-order chi connectivity index (χ0) is 15.4. The Bertz CT molecular complexity index is 325. The van der Waals surface area contributed by atoms with Crippen LogP contribution in [0.15, 0.2) is 0 Å². The Labute approximate surface area is 122 Å². The fraction of sp³-hybridized carbons (Fsp3) is 0.750. The van der Waals surface area contributed by atoms with Gasteiger partial charge in [-0.1, -0.05) is 0 Å². The van der Waals surface area contributed by atoms with Crippen molar-refractivity contribution in [2.24, 2.45) is 0 Å². The molecule has 2 amide bonds. The highest BCUT2D eigenvalue weighted by Crippen LogP contribution is 2.05. The maximum atomic E-state index is 11.4. The van der Waals surface area contributed by atoms with E-state index >= 15 is 0 Å². The van der Waals surface area contributed by atoms with Gasteiger partial charge in [0, 0.05) is 27.2 Å². The fourth-order valence-electron chi connectivity index (χ4n) is 1.36. The highest BCUT2D eigenvalue weighted by Gasteiger charge is 2.17. The zero-order valence-electron chi connectivity index (χ0n) is 11.8. The molecule has 0 fully saturated rings. The van der Waals surface area contributed by atoms with Crippen LogP contribution in [0.25, 0.3) is 0 Å². The van der Waals surface area contributed by atoms with Crippen LogP contribution >= 0.6 is 11.8 Å². The van der Waals surface area contributed by atoms with Crippen LogP contribution in [0, 0.1) is 0 Å². The lowest BCUT2D eigenvalue weighted by Gasteiger charge is -2.12. The number of carbonyl (C=O) groups is 3. The molecule has 0 heterocycles. The van der Waals surface area contributed by atoms with Crippen LogP contribution in [0.5, 0.6) is 0 Å². The molecule has 8 heteroatoms. The third-order valence-corrected chi connectivity index (χ3v) is 3.30. The van der Waals surface area contributed by atoms with Crippen LogP contribution < -0.4 is 10.6 Å². The van der Waals surface area contributed by atoms with E-state index in [1.165, 1.54) is 18.7 Å². The van der Waals surface area contributed by atoms with Crippen LogP contribution in [0.2, 0.25) is 0 Å². The van der Waals surface area contributed by atoms with Crippen LogP contribution in [-0.4, -0.2) is 60.7 Å². The number of ether oxygens (including phenoxy) is 1. The molecule has 20 heavy (non-hydrogen) atoms. The number of thioether (sulfide) groups is 1. The first-order valence-corrected chi connectivity index (χ1v) is 7.46. The summed E-state index contributed by atoms with van der Waals surface area (Å²) in [5, 5.41) is 14.0. The topological polar surface area (TPSA) is 105 Å². The molecule has 0 aromatic carbocycles. The summed E-state index contributed by atoms with van der Waals surface area (Å²) in [5.41, 5.74) is 0. The van der Waals surface area contributed by atoms with E-state index in [0.717, 1.165) is 6.42 Å². The Morgan fingerprint density at radius 3 is 2.60 bits per heavy atom. The van der Waals surface area contributed by atoms with Crippen molar-refractivity contribution in [3.63, 3.8) is 0 Å². The van der Waals surface area contributed by atoms with Crippen molar-refractivity contribution in [3.05, 3.63) is 0 Å². The summed E-state index contributed by atoms with van der Waals surface area (Å²) in [6.45, 7) is 2.44. The number of carbonyl (C=O) groups excluding carboxylic acids is 2. The molecule has 7 nitrogen and oxygen atoms in total. The zero-order valence-corrected chi connectivity index (χ0v) is 12.6. The van der Waals surface area contributed by atoms with E-state index in [1.807, 2.05) is 0 Å².